The fraction of sp³-hybridized carbons (Fsp3) is 0.115. The van der Waals surface area contributed by atoms with E-state index in [9.17, 15) is 14.0 Å². The molecule has 1 aliphatic rings. The number of cyclic esters (lactones) is 1. The summed E-state index contributed by atoms with van der Waals surface area (Å²) in [7, 11) is 0. The van der Waals surface area contributed by atoms with E-state index in [1.165, 1.54) is 24.3 Å². The monoisotopic (exact) mass is 523 g/mol. The summed E-state index contributed by atoms with van der Waals surface area (Å²) in [6.45, 7) is 4.01. The van der Waals surface area contributed by atoms with Gasteiger partial charge in [0.15, 0.2) is 17.2 Å². The largest absolute Gasteiger partial charge is 0.490 e. The molecule has 1 aliphatic heterocycles. The zero-order valence-electron chi connectivity index (χ0n) is 18.3. The predicted octanol–water partition coefficient (Wildman–Crippen LogP) is 5.86. The SMILES string of the molecule is CCOc1cc(/C=C2\N=C(c3cccc(F)c3)OC2=O)cc(Br)c1OC(=O)c1cccc(C)c1. The van der Waals surface area contributed by atoms with Crippen molar-refractivity contribution in [2.45, 2.75) is 13.8 Å². The lowest BCUT2D eigenvalue weighted by Crippen LogP contribution is -2.10. The molecule has 0 bridgehead atoms. The first kappa shape index (κ1) is 23.4. The highest BCUT2D eigenvalue weighted by atomic mass is 79.9. The van der Waals surface area contributed by atoms with Crippen LogP contribution in [0.25, 0.3) is 6.08 Å². The van der Waals surface area contributed by atoms with Crippen LogP contribution >= 0.6 is 15.9 Å². The molecule has 6 nitrogen and oxygen atoms in total. The summed E-state index contributed by atoms with van der Waals surface area (Å²) in [5.74, 6) is -1.11. The maximum absolute atomic E-state index is 13.5. The first-order valence-electron chi connectivity index (χ1n) is 10.4. The maximum atomic E-state index is 13.5. The normalized spacial score (nSPS) is 14.1. The number of halogens is 2. The molecule has 3 aromatic carbocycles. The summed E-state index contributed by atoms with van der Waals surface area (Å²) in [5.41, 5.74) is 2.29. The lowest BCUT2D eigenvalue weighted by atomic mass is 10.1. The van der Waals surface area contributed by atoms with Gasteiger partial charge in [-0.25, -0.2) is 19.0 Å². The molecule has 0 radical (unpaired) electrons. The van der Waals surface area contributed by atoms with Crippen LogP contribution in [0.15, 0.2) is 75.8 Å². The van der Waals surface area contributed by atoms with E-state index in [1.54, 1.807) is 43.3 Å². The average Bonchev–Trinajstić information content (AvgIpc) is 3.16. The second-order valence-electron chi connectivity index (χ2n) is 7.37. The van der Waals surface area contributed by atoms with Crippen LogP contribution < -0.4 is 9.47 Å². The fourth-order valence-electron chi connectivity index (χ4n) is 3.27. The Bertz CT molecular complexity index is 1350. The number of hydrogen-bond donors (Lipinski definition) is 0. The number of nitrogens with zero attached hydrogens (tertiary/aromatic N) is 1. The quantitative estimate of drug-likeness (QED) is 0.230. The highest BCUT2D eigenvalue weighted by molar-refractivity contribution is 9.10. The molecule has 0 N–H and O–H groups in total. The molecule has 172 valence electrons. The summed E-state index contributed by atoms with van der Waals surface area (Å²) in [6, 6.07) is 16.0. The highest BCUT2D eigenvalue weighted by Crippen LogP contribution is 2.38. The Balaban J connectivity index is 1.65. The van der Waals surface area contributed by atoms with Gasteiger partial charge in [0, 0.05) is 5.56 Å². The van der Waals surface area contributed by atoms with E-state index in [-0.39, 0.29) is 17.3 Å². The van der Waals surface area contributed by atoms with Crippen LogP contribution in [0.4, 0.5) is 4.39 Å². The minimum Gasteiger partial charge on any atom is -0.490 e. The molecule has 0 unspecified atom stereocenters. The van der Waals surface area contributed by atoms with E-state index >= 15 is 0 Å². The minimum atomic E-state index is -0.664. The fourth-order valence-corrected chi connectivity index (χ4v) is 3.81. The molecule has 0 fully saturated rings. The lowest BCUT2D eigenvalue weighted by molar-refractivity contribution is -0.129. The van der Waals surface area contributed by atoms with E-state index < -0.39 is 17.8 Å². The van der Waals surface area contributed by atoms with E-state index in [0.29, 0.717) is 33.5 Å². The van der Waals surface area contributed by atoms with Gasteiger partial charge in [-0.05, 0) is 83.9 Å². The molecular formula is C26H19BrFNO5. The van der Waals surface area contributed by atoms with Crippen molar-refractivity contribution >= 4 is 39.8 Å². The van der Waals surface area contributed by atoms with Crippen LogP contribution in [0, 0.1) is 12.7 Å². The molecule has 3 aromatic rings. The minimum absolute atomic E-state index is 0.0172. The number of aliphatic imine (C=N–C) groups is 1. The van der Waals surface area contributed by atoms with E-state index in [1.807, 2.05) is 13.0 Å². The van der Waals surface area contributed by atoms with Crippen LogP contribution in [0.3, 0.4) is 0 Å². The Morgan fingerprint density at radius 3 is 2.68 bits per heavy atom. The first-order valence-corrected chi connectivity index (χ1v) is 11.2. The second kappa shape index (κ2) is 10.0. The Morgan fingerprint density at radius 1 is 1.15 bits per heavy atom. The van der Waals surface area contributed by atoms with Crippen LogP contribution in [0.2, 0.25) is 0 Å². The van der Waals surface area contributed by atoms with E-state index in [4.69, 9.17) is 14.2 Å². The van der Waals surface area contributed by atoms with Crippen molar-refractivity contribution in [2.75, 3.05) is 6.61 Å². The van der Waals surface area contributed by atoms with E-state index in [0.717, 1.165) is 5.56 Å². The molecule has 34 heavy (non-hydrogen) atoms. The van der Waals surface area contributed by atoms with Gasteiger partial charge in [-0.3, -0.25) is 0 Å². The number of esters is 2. The third kappa shape index (κ3) is 5.23. The number of hydrogen-bond acceptors (Lipinski definition) is 6. The highest BCUT2D eigenvalue weighted by Gasteiger charge is 2.25. The number of benzene rings is 3. The number of rotatable bonds is 6. The third-order valence-corrected chi connectivity index (χ3v) is 5.36. The molecular weight excluding hydrogens is 505 g/mol. The zero-order chi connectivity index (χ0) is 24.2. The Labute approximate surface area is 203 Å². The summed E-state index contributed by atoms with van der Waals surface area (Å²) >= 11 is 3.42. The van der Waals surface area contributed by atoms with Crippen LogP contribution in [0.1, 0.15) is 34.0 Å². The Kier molecular flexibility index (Phi) is 6.88. The van der Waals surface area contributed by atoms with Crippen molar-refractivity contribution in [3.05, 3.63) is 98.9 Å². The Hall–Kier alpha value is -3.78. The maximum Gasteiger partial charge on any atom is 0.363 e. The molecule has 0 aliphatic carbocycles. The van der Waals surface area contributed by atoms with Crippen LogP contribution in [-0.2, 0) is 9.53 Å². The number of ether oxygens (including phenoxy) is 3. The Morgan fingerprint density at radius 2 is 1.94 bits per heavy atom. The second-order valence-corrected chi connectivity index (χ2v) is 8.22. The van der Waals surface area contributed by atoms with Crippen LogP contribution in [-0.4, -0.2) is 24.4 Å². The number of carbonyl (C=O) groups is 2. The topological polar surface area (TPSA) is 74.2 Å². The standard InChI is InChI=1S/C26H19BrFNO5/c1-3-32-22-13-16(11-20(27)23(22)33-25(30)18-8-4-6-15(2)10-18)12-21-26(31)34-24(29-21)17-7-5-9-19(28)14-17/h4-14H,3H2,1-2H3/b21-12-. The average molecular weight is 524 g/mol. The van der Waals surface area contributed by atoms with Crippen LogP contribution in [0.5, 0.6) is 11.5 Å². The van der Waals surface area contributed by atoms with Gasteiger partial charge >= 0.3 is 11.9 Å². The molecule has 0 aromatic heterocycles. The predicted molar refractivity (Wildman–Crippen MR) is 128 cm³/mol. The van der Waals surface area contributed by atoms with Crippen molar-refractivity contribution in [1.29, 1.82) is 0 Å². The van der Waals surface area contributed by atoms with Gasteiger partial charge in [0.05, 0.1) is 16.6 Å². The van der Waals surface area contributed by atoms with E-state index in [2.05, 4.69) is 20.9 Å². The summed E-state index contributed by atoms with van der Waals surface area (Å²) in [5, 5.41) is 0. The summed E-state index contributed by atoms with van der Waals surface area (Å²) in [4.78, 5) is 29.2. The third-order valence-electron chi connectivity index (χ3n) is 4.78. The molecule has 0 amide bonds. The van der Waals surface area contributed by atoms with Crippen molar-refractivity contribution in [1.82, 2.24) is 0 Å². The number of aryl methyl sites for hydroxylation is 1. The molecule has 0 saturated heterocycles. The van der Waals surface area contributed by atoms with Gasteiger partial charge in [-0.15, -0.1) is 0 Å². The molecule has 4 rings (SSSR count). The lowest BCUT2D eigenvalue weighted by Gasteiger charge is -2.14. The van der Waals surface area contributed by atoms with Gasteiger partial charge in [0.25, 0.3) is 0 Å². The zero-order valence-corrected chi connectivity index (χ0v) is 19.9. The van der Waals surface area contributed by atoms with Gasteiger partial charge in [-0.1, -0.05) is 23.8 Å². The van der Waals surface area contributed by atoms with Crippen molar-refractivity contribution in [2.24, 2.45) is 4.99 Å². The summed E-state index contributed by atoms with van der Waals surface area (Å²) < 4.78 is 30.5. The molecule has 8 heteroatoms. The van der Waals surface area contributed by atoms with Gasteiger partial charge in [0.2, 0.25) is 5.90 Å². The van der Waals surface area contributed by atoms with Gasteiger partial charge in [-0.2, -0.15) is 0 Å². The van der Waals surface area contributed by atoms with Crippen molar-refractivity contribution < 1.29 is 28.2 Å². The smallest absolute Gasteiger partial charge is 0.363 e. The first-order chi connectivity index (χ1) is 16.3. The molecule has 0 spiro atoms. The van der Waals surface area contributed by atoms with Crippen molar-refractivity contribution in [3.63, 3.8) is 0 Å². The van der Waals surface area contributed by atoms with Gasteiger partial charge in [0.1, 0.15) is 5.82 Å². The molecule has 0 atom stereocenters. The number of carbonyl (C=O) groups excluding carboxylic acids is 2. The van der Waals surface area contributed by atoms with Crippen molar-refractivity contribution in [3.8, 4) is 11.5 Å². The van der Waals surface area contributed by atoms with Gasteiger partial charge < -0.3 is 14.2 Å². The summed E-state index contributed by atoms with van der Waals surface area (Å²) in [6.07, 6.45) is 1.51. The molecule has 1 heterocycles. The molecule has 0 saturated carbocycles.